The van der Waals surface area contributed by atoms with Gasteiger partial charge in [-0.25, -0.2) is 4.79 Å². The number of carbonyl (C=O) groups excluding carboxylic acids is 2. The van der Waals surface area contributed by atoms with Crippen LogP contribution in [0.15, 0.2) is 36.4 Å². The van der Waals surface area contributed by atoms with E-state index in [-0.39, 0.29) is 5.02 Å². The SMILES string of the molecule is Cc1ccc(C(=O)OCC(=O)Nc2cccc(Cl)c2Cl)cc1C. The van der Waals surface area contributed by atoms with E-state index in [1.54, 1.807) is 30.3 Å². The zero-order chi connectivity index (χ0) is 17.0. The van der Waals surface area contributed by atoms with Gasteiger partial charge in [-0.15, -0.1) is 0 Å². The van der Waals surface area contributed by atoms with Gasteiger partial charge in [-0.05, 0) is 49.2 Å². The van der Waals surface area contributed by atoms with Crippen molar-refractivity contribution < 1.29 is 14.3 Å². The van der Waals surface area contributed by atoms with Gasteiger partial charge in [0.15, 0.2) is 6.61 Å². The van der Waals surface area contributed by atoms with E-state index in [0.29, 0.717) is 16.3 Å². The number of nitrogens with one attached hydrogen (secondary N) is 1. The lowest BCUT2D eigenvalue weighted by Crippen LogP contribution is -2.21. The summed E-state index contributed by atoms with van der Waals surface area (Å²) in [6, 6.07) is 10.1. The van der Waals surface area contributed by atoms with Gasteiger partial charge in [-0.1, -0.05) is 35.3 Å². The highest BCUT2D eigenvalue weighted by molar-refractivity contribution is 6.44. The van der Waals surface area contributed by atoms with Crippen molar-refractivity contribution in [3.05, 3.63) is 63.1 Å². The summed E-state index contributed by atoms with van der Waals surface area (Å²) >= 11 is 11.8. The van der Waals surface area contributed by atoms with Crippen LogP contribution in [0.25, 0.3) is 0 Å². The largest absolute Gasteiger partial charge is 0.452 e. The first-order valence-corrected chi connectivity index (χ1v) is 7.62. The normalized spacial score (nSPS) is 10.3. The molecule has 1 amide bonds. The van der Waals surface area contributed by atoms with Crippen molar-refractivity contribution in [1.29, 1.82) is 0 Å². The van der Waals surface area contributed by atoms with Gasteiger partial charge in [-0.3, -0.25) is 4.79 Å². The molecule has 0 radical (unpaired) electrons. The van der Waals surface area contributed by atoms with Crippen molar-refractivity contribution in [2.75, 3.05) is 11.9 Å². The number of hydrogen-bond acceptors (Lipinski definition) is 3. The van der Waals surface area contributed by atoms with Crippen molar-refractivity contribution in [2.24, 2.45) is 0 Å². The quantitative estimate of drug-likeness (QED) is 0.830. The first-order chi connectivity index (χ1) is 10.9. The van der Waals surface area contributed by atoms with Crippen molar-refractivity contribution in [3.63, 3.8) is 0 Å². The summed E-state index contributed by atoms with van der Waals surface area (Å²) in [5.41, 5.74) is 2.83. The van der Waals surface area contributed by atoms with Gasteiger partial charge in [-0.2, -0.15) is 0 Å². The summed E-state index contributed by atoms with van der Waals surface area (Å²) in [5.74, 6) is -1.05. The summed E-state index contributed by atoms with van der Waals surface area (Å²) in [7, 11) is 0. The van der Waals surface area contributed by atoms with Crippen LogP contribution >= 0.6 is 23.2 Å². The van der Waals surface area contributed by atoms with Crippen LogP contribution in [0.1, 0.15) is 21.5 Å². The fraction of sp³-hybridized carbons (Fsp3) is 0.176. The Labute approximate surface area is 144 Å². The molecule has 2 aromatic rings. The number of carbonyl (C=O) groups is 2. The molecule has 0 aliphatic carbocycles. The highest BCUT2D eigenvalue weighted by atomic mass is 35.5. The molecule has 120 valence electrons. The molecule has 0 atom stereocenters. The first kappa shape index (κ1) is 17.3. The molecule has 0 bridgehead atoms. The highest BCUT2D eigenvalue weighted by Crippen LogP contribution is 2.29. The molecule has 23 heavy (non-hydrogen) atoms. The topological polar surface area (TPSA) is 55.4 Å². The lowest BCUT2D eigenvalue weighted by atomic mass is 10.1. The maximum Gasteiger partial charge on any atom is 0.338 e. The van der Waals surface area contributed by atoms with Crippen molar-refractivity contribution in [2.45, 2.75) is 13.8 Å². The van der Waals surface area contributed by atoms with Crippen molar-refractivity contribution in [3.8, 4) is 0 Å². The van der Waals surface area contributed by atoms with E-state index in [0.717, 1.165) is 11.1 Å². The maximum absolute atomic E-state index is 11.9. The minimum absolute atomic E-state index is 0.239. The average Bonchev–Trinajstić information content (AvgIpc) is 2.52. The van der Waals surface area contributed by atoms with Crippen molar-refractivity contribution in [1.82, 2.24) is 0 Å². The molecule has 0 aromatic heterocycles. The van der Waals surface area contributed by atoms with Gasteiger partial charge in [0.2, 0.25) is 0 Å². The van der Waals surface area contributed by atoms with E-state index in [9.17, 15) is 9.59 Å². The predicted octanol–water partition coefficient (Wildman–Crippen LogP) is 4.41. The summed E-state index contributed by atoms with van der Waals surface area (Å²) in [6.45, 7) is 3.45. The van der Waals surface area contributed by atoms with Gasteiger partial charge >= 0.3 is 5.97 Å². The van der Waals surface area contributed by atoms with Gasteiger partial charge < -0.3 is 10.1 Å². The molecule has 1 N–H and O–H groups in total. The number of benzene rings is 2. The van der Waals surface area contributed by atoms with Crippen LogP contribution in [0.4, 0.5) is 5.69 Å². The van der Waals surface area contributed by atoms with E-state index < -0.39 is 18.5 Å². The smallest absolute Gasteiger partial charge is 0.338 e. The molecule has 4 nitrogen and oxygen atoms in total. The Balaban J connectivity index is 1.94. The zero-order valence-electron chi connectivity index (χ0n) is 12.7. The molecule has 0 unspecified atom stereocenters. The van der Waals surface area contributed by atoms with E-state index in [2.05, 4.69) is 5.32 Å². The fourth-order valence-electron chi connectivity index (χ4n) is 1.87. The lowest BCUT2D eigenvalue weighted by Gasteiger charge is -2.09. The molecule has 0 heterocycles. The van der Waals surface area contributed by atoms with Crippen LogP contribution in [-0.2, 0) is 9.53 Å². The first-order valence-electron chi connectivity index (χ1n) is 6.86. The third-order valence-electron chi connectivity index (χ3n) is 3.30. The molecule has 0 aliphatic rings. The van der Waals surface area contributed by atoms with E-state index in [4.69, 9.17) is 27.9 Å². The number of amides is 1. The van der Waals surface area contributed by atoms with Crippen LogP contribution in [0, 0.1) is 13.8 Å². The number of esters is 1. The fourth-order valence-corrected chi connectivity index (χ4v) is 2.22. The summed E-state index contributed by atoms with van der Waals surface area (Å²) < 4.78 is 5.00. The Kier molecular flexibility index (Phi) is 5.64. The number of anilines is 1. The number of ether oxygens (including phenoxy) is 1. The third-order valence-corrected chi connectivity index (χ3v) is 4.12. The maximum atomic E-state index is 11.9. The molecule has 0 spiro atoms. The minimum atomic E-state index is -0.555. The van der Waals surface area contributed by atoms with Gasteiger partial charge in [0.25, 0.3) is 5.91 Å². The van der Waals surface area contributed by atoms with E-state index in [1.807, 2.05) is 19.9 Å². The molecular weight excluding hydrogens is 337 g/mol. The average molecular weight is 352 g/mol. The Hall–Kier alpha value is -2.04. The number of aryl methyl sites for hydroxylation is 2. The summed E-state index contributed by atoms with van der Waals surface area (Å²) in [4.78, 5) is 23.8. The Morgan fingerprint density at radius 3 is 2.52 bits per heavy atom. The second kappa shape index (κ2) is 7.49. The highest BCUT2D eigenvalue weighted by Gasteiger charge is 2.13. The van der Waals surface area contributed by atoms with Crippen LogP contribution < -0.4 is 5.32 Å². The van der Waals surface area contributed by atoms with Gasteiger partial charge in [0.05, 0.1) is 21.3 Å². The molecule has 0 saturated carbocycles. The second-order valence-electron chi connectivity index (χ2n) is 5.02. The van der Waals surface area contributed by atoms with Gasteiger partial charge in [0, 0.05) is 0 Å². The zero-order valence-corrected chi connectivity index (χ0v) is 14.2. The van der Waals surface area contributed by atoms with Crippen LogP contribution in [-0.4, -0.2) is 18.5 Å². The van der Waals surface area contributed by atoms with Gasteiger partial charge in [0.1, 0.15) is 0 Å². The summed E-state index contributed by atoms with van der Waals surface area (Å²) in [5, 5.41) is 3.11. The monoisotopic (exact) mass is 351 g/mol. The predicted molar refractivity (Wildman–Crippen MR) is 91.3 cm³/mol. The molecule has 2 rings (SSSR count). The Bertz CT molecular complexity index is 759. The molecule has 6 heteroatoms. The second-order valence-corrected chi connectivity index (χ2v) is 5.81. The molecule has 0 fully saturated rings. The molecule has 0 aliphatic heterocycles. The number of halogens is 2. The van der Waals surface area contributed by atoms with Crippen molar-refractivity contribution >= 4 is 40.8 Å². The molecule has 2 aromatic carbocycles. The number of hydrogen-bond donors (Lipinski definition) is 1. The summed E-state index contributed by atoms with van der Waals surface area (Å²) in [6.07, 6.45) is 0. The Morgan fingerprint density at radius 2 is 1.83 bits per heavy atom. The molecular formula is C17H15Cl2NO3. The molecule has 0 saturated heterocycles. The van der Waals surface area contributed by atoms with Crippen LogP contribution in [0.5, 0.6) is 0 Å². The minimum Gasteiger partial charge on any atom is -0.452 e. The standard InChI is InChI=1S/C17H15Cl2NO3/c1-10-6-7-12(8-11(10)2)17(22)23-9-15(21)20-14-5-3-4-13(18)16(14)19/h3-8H,9H2,1-2H3,(H,20,21). The van der Waals surface area contributed by atoms with Crippen LogP contribution in [0.2, 0.25) is 10.0 Å². The third kappa shape index (κ3) is 4.47. The number of rotatable bonds is 4. The van der Waals surface area contributed by atoms with E-state index in [1.165, 1.54) is 0 Å². The van der Waals surface area contributed by atoms with E-state index >= 15 is 0 Å². The Morgan fingerprint density at radius 1 is 1.09 bits per heavy atom. The van der Waals surface area contributed by atoms with Crippen LogP contribution in [0.3, 0.4) is 0 Å². The lowest BCUT2D eigenvalue weighted by molar-refractivity contribution is -0.119.